The fourth-order valence-electron chi connectivity index (χ4n) is 2.92. The smallest absolute Gasteiger partial charge is 0.255 e. The van der Waals surface area contributed by atoms with E-state index >= 15 is 0 Å². The summed E-state index contributed by atoms with van der Waals surface area (Å²) in [7, 11) is 3.89. The molecular formula is C15H20ClFN2O. The molecule has 0 aromatic heterocycles. The maximum atomic E-state index is 13.1. The quantitative estimate of drug-likeness (QED) is 0.838. The van der Waals surface area contributed by atoms with Crippen molar-refractivity contribution < 1.29 is 9.18 Å². The van der Waals surface area contributed by atoms with Gasteiger partial charge in [-0.2, -0.15) is 0 Å². The van der Waals surface area contributed by atoms with Gasteiger partial charge in [0, 0.05) is 19.6 Å². The molecule has 0 radical (unpaired) electrons. The Morgan fingerprint density at radius 3 is 2.80 bits per heavy atom. The second-order valence-electron chi connectivity index (χ2n) is 5.64. The van der Waals surface area contributed by atoms with Gasteiger partial charge < -0.3 is 9.80 Å². The highest BCUT2D eigenvalue weighted by Crippen LogP contribution is 2.24. The number of carbonyl (C=O) groups is 1. The normalized spacial score (nSPS) is 23.6. The van der Waals surface area contributed by atoms with E-state index in [1.54, 1.807) is 11.9 Å². The lowest BCUT2D eigenvalue weighted by atomic mass is 9.92. The maximum Gasteiger partial charge on any atom is 0.255 e. The van der Waals surface area contributed by atoms with Crippen molar-refractivity contribution in [2.45, 2.75) is 19.4 Å². The molecule has 1 heterocycles. The molecule has 1 aliphatic heterocycles. The summed E-state index contributed by atoms with van der Waals surface area (Å²) in [4.78, 5) is 16.5. The Morgan fingerprint density at radius 1 is 1.50 bits per heavy atom. The number of piperidine rings is 1. The fourth-order valence-corrected chi connectivity index (χ4v) is 3.17. The van der Waals surface area contributed by atoms with Crippen LogP contribution in [-0.2, 0) is 0 Å². The molecule has 5 heteroatoms. The Kier molecular flexibility index (Phi) is 4.66. The van der Waals surface area contributed by atoms with E-state index < -0.39 is 5.82 Å². The zero-order valence-corrected chi connectivity index (χ0v) is 12.8. The molecule has 0 spiro atoms. The summed E-state index contributed by atoms with van der Waals surface area (Å²) in [6.45, 7) is 4.10. The Hall–Kier alpha value is -1.13. The van der Waals surface area contributed by atoms with Crippen LogP contribution in [0.4, 0.5) is 4.39 Å². The van der Waals surface area contributed by atoms with Crippen molar-refractivity contribution in [2.24, 2.45) is 5.92 Å². The molecule has 1 fully saturated rings. The van der Waals surface area contributed by atoms with Gasteiger partial charge in [-0.25, -0.2) is 4.39 Å². The van der Waals surface area contributed by atoms with Gasteiger partial charge in [-0.05, 0) is 44.1 Å². The standard InChI is InChI=1S/C15H20ClFN2O/c1-10-9-18(2)7-6-14(10)19(3)15(20)12-5-4-11(17)8-13(12)16/h4-5,8,10,14H,6-7,9H2,1-3H3. The van der Waals surface area contributed by atoms with Gasteiger partial charge in [-0.15, -0.1) is 0 Å². The highest BCUT2D eigenvalue weighted by molar-refractivity contribution is 6.33. The molecule has 110 valence electrons. The minimum Gasteiger partial charge on any atom is -0.338 e. The topological polar surface area (TPSA) is 23.6 Å². The minimum atomic E-state index is -0.429. The third kappa shape index (κ3) is 3.13. The summed E-state index contributed by atoms with van der Waals surface area (Å²) < 4.78 is 13.1. The van der Waals surface area contributed by atoms with Crippen LogP contribution in [0.15, 0.2) is 18.2 Å². The van der Waals surface area contributed by atoms with E-state index in [-0.39, 0.29) is 17.0 Å². The van der Waals surface area contributed by atoms with Crippen LogP contribution in [0.5, 0.6) is 0 Å². The number of benzene rings is 1. The van der Waals surface area contributed by atoms with Gasteiger partial charge in [-0.3, -0.25) is 4.79 Å². The van der Waals surface area contributed by atoms with Crippen molar-refractivity contribution in [1.82, 2.24) is 9.80 Å². The van der Waals surface area contributed by atoms with E-state index in [2.05, 4.69) is 18.9 Å². The molecular weight excluding hydrogens is 279 g/mol. The summed E-state index contributed by atoms with van der Waals surface area (Å²) in [5.41, 5.74) is 0.363. The third-order valence-corrected chi connectivity index (χ3v) is 4.36. The first-order chi connectivity index (χ1) is 9.40. The van der Waals surface area contributed by atoms with E-state index in [0.29, 0.717) is 11.5 Å². The Bertz CT molecular complexity index is 509. The number of halogens is 2. The van der Waals surface area contributed by atoms with E-state index in [1.807, 2.05) is 0 Å². The molecule has 0 N–H and O–H groups in total. The Labute approximate surface area is 124 Å². The third-order valence-electron chi connectivity index (χ3n) is 4.04. The number of hydrogen-bond acceptors (Lipinski definition) is 2. The van der Waals surface area contributed by atoms with Gasteiger partial charge in [0.05, 0.1) is 10.6 Å². The molecule has 1 saturated heterocycles. The lowest BCUT2D eigenvalue weighted by molar-refractivity contribution is 0.0549. The van der Waals surface area contributed by atoms with Crippen LogP contribution in [0.2, 0.25) is 5.02 Å². The lowest BCUT2D eigenvalue weighted by Gasteiger charge is -2.40. The zero-order chi connectivity index (χ0) is 14.9. The first kappa shape index (κ1) is 15.3. The molecule has 0 saturated carbocycles. The van der Waals surface area contributed by atoms with Crippen LogP contribution in [0.25, 0.3) is 0 Å². The van der Waals surface area contributed by atoms with E-state index in [1.165, 1.54) is 18.2 Å². The van der Waals surface area contributed by atoms with E-state index in [4.69, 9.17) is 11.6 Å². The number of carbonyl (C=O) groups excluding carboxylic acids is 1. The number of likely N-dealkylation sites (tertiary alicyclic amines) is 1. The van der Waals surface area contributed by atoms with Gasteiger partial charge in [0.15, 0.2) is 0 Å². The minimum absolute atomic E-state index is 0.142. The number of nitrogens with zero attached hydrogens (tertiary/aromatic N) is 2. The van der Waals surface area contributed by atoms with Crippen molar-refractivity contribution >= 4 is 17.5 Å². The van der Waals surface area contributed by atoms with Crippen LogP contribution >= 0.6 is 11.6 Å². The average molecular weight is 299 g/mol. The molecule has 20 heavy (non-hydrogen) atoms. The van der Waals surface area contributed by atoms with Crippen molar-refractivity contribution in [1.29, 1.82) is 0 Å². The fraction of sp³-hybridized carbons (Fsp3) is 0.533. The summed E-state index contributed by atoms with van der Waals surface area (Å²) >= 11 is 5.97. The van der Waals surface area contributed by atoms with Crippen molar-refractivity contribution in [2.75, 3.05) is 27.2 Å². The second-order valence-corrected chi connectivity index (χ2v) is 6.04. The summed E-state index contributed by atoms with van der Waals surface area (Å²) in [5.74, 6) is -0.166. The van der Waals surface area contributed by atoms with Crippen LogP contribution in [-0.4, -0.2) is 48.9 Å². The van der Waals surface area contributed by atoms with Crippen LogP contribution in [0.3, 0.4) is 0 Å². The monoisotopic (exact) mass is 298 g/mol. The van der Waals surface area contributed by atoms with E-state index in [9.17, 15) is 9.18 Å². The zero-order valence-electron chi connectivity index (χ0n) is 12.1. The largest absolute Gasteiger partial charge is 0.338 e. The predicted molar refractivity (Wildman–Crippen MR) is 78.6 cm³/mol. The molecule has 0 aliphatic carbocycles. The molecule has 1 aliphatic rings. The van der Waals surface area contributed by atoms with Gasteiger partial charge in [-0.1, -0.05) is 18.5 Å². The van der Waals surface area contributed by atoms with E-state index in [0.717, 1.165) is 19.5 Å². The summed E-state index contributed by atoms with van der Waals surface area (Å²) in [6.07, 6.45) is 0.943. The molecule has 2 atom stereocenters. The molecule has 2 rings (SSSR count). The Morgan fingerprint density at radius 2 is 2.20 bits per heavy atom. The molecule has 1 aromatic carbocycles. The van der Waals surface area contributed by atoms with Gasteiger partial charge in [0.25, 0.3) is 5.91 Å². The van der Waals surface area contributed by atoms with Crippen molar-refractivity contribution in [3.63, 3.8) is 0 Å². The second kappa shape index (κ2) is 6.10. The number of hydrogen-bond donors (Lipinski definition) is 0. The highest BCUT2D eigenvalue weighted by Gasteiger charge is 2.30. The maximum absolute atomic E-state index is 13.1. The highest BCUT2D eigenvalue weighted by atomic mass is 35.5. The van der Waals surface area contributed by atoms with Crippen LogP contribution in [0, 0.1) is 11.7 Å². The molecule has 2 unspecified atom stereocenters. The lowest BCUT2D eigenvalue weighted by Crippen LogP contribution is -2.49. The number of rotatable bonds is 2. The van der Waals surface area contributed by atoms with Gasteiger partial charge in [0.2, 0.25) is 0 Å². The van der Waals surface area contributed by atoms with Gasteiger partial charge >= 0.3 is 0 Å². The predicted octanol–water partition coefficient (Wildman–Crippen LogP) is 2.89. The number of amides is 1. The Balaban J connectivity index is 2.16. The van der Waals surface area contributed by atoms with Crippen LogP contribution < -0.4 is 0 Å². The first-order valence-corrected chi connectivity index (χ1v) is 7.18. The summed E-state index contributed by atoms with van der Waals surface area (Å²) in [5, 5.41) is 0.169. The van der Waals surface area contributed by atoms with Crippen LogP contribution in [0.1, 0.15) is 23.7 Å². The molecule has 1 amide bonds. The van der Waals surface area contributed by atoms with Gasteiger partial charge in [0.1, 0.15) is 5.82 Å². The first-order valence-electron chi connectivity index (χ1n) is 6.81. The molecule has 0 bridgehead atoms. The molecule has 3 nitrogen and oxygen atoms in total. The molecule has 1 aromatic rings. The SMILES string of the molecule is CC1CN(C)CCC1N(C)C(=O)c1ccc(F)cc1Cl. The summed E-state index contributed by atoms with van der Waals surface area (Å²) in [6, 6.07) is 4.10. The average Bonchev–Trinajstić information content (AvgIpc) is 2.37. The van der Waals surface area contributed by atoms with Crippen molar-refractivity contribution in [3.05, 3.63) is 34.6 Å². The van der Waals surface area contributed by atoms with Crippen molar-refractivity contribution in [3.8, 4) is 0 Å².